The van der Waals surface area contributed by atoms with Gasteiger partial charge in [0.15, 0.2) is 17.2 Å². The number of aliphatic carboxylic acids is 1. The number of carbonyl (C=O) groups is 4. The summed E-state index contributed by atoms with van der Waals surface area (Å²) in [4.78, 5) is 48.9. The van der Waals surface area contributed by atoms with Gasteiger partial charge in [-0.3, -0.25) is 14.4 Å². The first-order valence-corrected chi connectivity index (χ1v) is 9.96. The molecule has 0 aromatic heterocycles. The van der Waals surface area contributed by atoms with Gasteiger partial charge in [-0.25, -0.2) is 13.6 Å². The van der Waals surface area contributed by atoms with Gasteiger partial charge in [-0.15, -0.1) is 0 Å². The van der Waals surface area contributed by atoms with Gasteiger partial charge in [-0.05, 0) is 54.7 Å². The fourth-order valence-corrected chi connectivity index (χ4v) is 7.00. The molecule has 0 bridgehead atoms. The molecule has 0 radical (unpaired) electrons. The molecule has 4 rings (SSSR count). The molecule has 5 nitrogen and oxygen atoms in total. The third-order valence-electron chi connectivity index (χ3n) is 8.22. The predicted molar refractivity (Wildman–Crippen MR) is 98.3 cm³/mol. The minimum Gasteiger partial charge on any atom is -0.475 e. The minimum absolute atomic E-state index is 0.00934. The Morgan fingerprint density at radius 1 is 1.17 bits per heavy atom. The largest absolute Gasteiger partial charge is 0.475 e. The highest BCUT2D eigenvalue weighted by Crippen LogP contribution is 2.69. The normalized spacial score (nSPS) is 48.4. The summed E-state index contributed by atoms with van der Waals surface area (Å²) in [7, 11) is 0. The molecule has 0 amide bonds. The lowest BCUT2D eigenvalue weighted by atomic mass is 9.45. The Morgan fingerprint density at radius 3 is 2.45 bits per heavy atom. The van der Waals surface area contributed by atoms with Gasteiger partial charge in [0.25, 0.3) is 0 Å². The Balaban J connectivity index is 1.85. The van der Waals surface area contributed by atoms with Crippen LogP contribution in [0.25, 0.3) is 0 Å². The van der Waals surface area contributed by atoms with Gasteiger partial charge in [0.2, 0.25) is 5.78 Å². The zero-order chi connectivity index (χ0) is 21.5. The molecular formula is C22H24F2O5. The van der Waals surface area contributed by atoms with Crippen LogP contribution in [0.2, 0.25) is 0 Å². The number of ketones is 3. The number of hydrogen-bond donors (Lipinski definition) is 1. The molecule has 0 heterocycles. The van der Waals surface area contributed by atoms with Crippen molar-refractivity contribution in [2.75, 3.05) is 0 Å². The molecule has 2 unspecified atom stereocenters. The first kappa shape index (κ1) is 20.1. The van der Waals surface area contributed by atoms with Crippen molar-refractivity contribution >= 4 is 23.3 Å². The second-order valence-corrected chi connectivity index (χ2v) is 9.63. The van der Waals surface area contributed by atoms with Crippen molar-refractivity contribution in [3.63, 3.8) is 0 Å². The van der Waals surface area contributed by atoms with E-state index in [2.05, 4.69) is 0 Å². The van der Waals surface area contributed by atoms with E-state index < -0.39 is 63.7 Å². The minimum atomic E-state index is -2.40. The van der Waals surface area contributed by atoms with Crippen molar-refractivity contribution in [2.24, 2.45) is 34.5 Å². The number of carboxylic acids is 1. The molecule has 0 aromatic rings. The fraction of sp³-hybridized carbons (Fsp3) is 0.636. The van der Waals surface area contributed by atoms with Gasteiger partial charge in [0.1, 0.15) is 6.17 Å². The number of Topliss-reactive ketones (excluding diaryl/α,β-unsaturated/α-hetero) is 2. The van der Waals surface area contributed by atoms with E-state index in [4.69, 9.17) is 0 Å². The summed E-state index contributed by atoms with van der Waals surface area (Å²) in [5.41, 5.74) is -5.01. The third-order valence-corrected chi connectivity index (χ3v) is 8.22. The zero-order valence-electron chi connectivity index (χ0n) is 16.6. The standard InChI is InChI=1S/C22H24F2O5/c1-10-6-12-13-8-15(23)14-7-11(25)4-5-21(14,3)22(13,24)16(26)9-20(12,2)17(10)18(27)19(28)29/h4-5,7,10,12-13,15,17H,6,8-9H2,1-3H3,(H,28,29)/t10?,12-,13-,15?,17+,20-,21-,22-/m0/s1. The summed E-state index contributed by atoms with van der Waals surface area (Å²) < 4.78 is 31.9. The molecule has 7 heteroatoms. The van der Waals surface area contributed by atoms with Crippen LogP contribution in [0.5, 0.6) is 0 Å². The second-order valence-electron chi connectivity index (χ2n) is 9.63. The van der Waals surface area contributed by atoms with Crippen molar-refractivity contribution in [1.29, 1.82) is 0 Å². The van der Waals surface area contributed by atoms with Crippen LogP contribution >= 0.6 is 0 Å². The van der Waals surface area contributed by atoms with Crippen molar-refractivity contribution in [2.45, 2.75) is 51.9 Å². The van der Waals surface area contributed by atoms with Crippen molar-refractivity contribution in [3.8, 4) is 0 Å². The van der Waals surface area contributed by atoms with Gasteiger partial charge in [0, 0.05) is 18.3 Å². The van der Waals surface area contributed by atoms with Crippen LogP contribution in [-0.2, 0) is 19.2 Å². The quantitative estimate of drug-likeness (QED) is 0.712. The number of carbonyl (C=O) groups excluding carboxylic acids is 3. The highest BCUT2D eigenvalue weighted by atomic mass is 19.1. The number of hydrogen-bond acceptors (Lipinski definition) is 4. The second kappa shape index (κ2) is 5.92. The summed E-state index contributed by atoms with van der Waals surface area (Å²) in [5.74, 6) is -6.46. The third kappa shape index (κ3) is 2.30. The van der Waals surface area contributed by atoms with Crippen molar-refractivity contribution in [1.82, 2.24) is 0 Å². The van der Waals surface area contributed by atoms with Crippen LogP contribution in [-0.4, -0.2) is 40.3 Å². The van der Waals surface area contributed by atoms with Gasteiger partial charge in [0.05, 0.1) is 5.41 Å². The topological polar surface area (TPSA) is 88.5 Å². The number of halogens is 2. The zero-order valence-corrected chi connectivity index (χ0v) is 16.6. The van der Waals surface area contributed by atoms with E-state index in [-0.39, 0.29) is 24.3 Å². The summed E-state index contributed by atoms with van der Waals surface area (Å²) in [5, 5.41) is 9.26. The molecule has 0 aromatic carbocycles. The first-order chi connectivity index (χ1) is 13.4. The molecule has 4 aliphatic rings. The maximum Gasteiger partial charge on any atom is 0.372 e. The molecule has 29 heavy (non-hydrogen) atoms. The molecule has 3 saturated carbocycles. The summed E-state index contributed by atoms with van der Waals surface area (Å²) in [6.45, 7) is 4.87. The maximum atomic E-state index is 16.7. The van der Waals surface area contributed by atoms with E-state index in [0.717, 1.165) is 6.08 Å². The van der Waals surface area contributed by atoms with E-state index in [1.54, 1.807) is 13.8 Å². The molecule has 0 aliphatic heterocycles. The average molecular weight is 406 g/mol. The molecule has 3 fully saturated rings. The number of fused-ring (bicyclic) bond motifs is 5. The van der Waals surface area contributed by atoms with Gasteiger partial charge >= 0.3 is 5.97 Å². The van der Waals surface area contributed by atoms with Crippen LogP contribution in [0.1, 0.15) is 40.0 Å². The summed E-state index contributed by atoms with van der Waals surface area (Å²) in [6.07, 6.45) is 1.82. The molecule has 1 N–H and O–H groups in total. The predicted octanol–water partition coefficient (Wildman–Crippen LogP) is 3.03. The Kier molecular flexibility index (Phi) is 4.11. The highest BCUT2D eigenvalue weighted by Gasteiger charge is 2.73. The van der Waals surface area contributed by atoms with E-state index in [0.29, 0.717) is 6.42 Å². The maximum absolute atomic E-state index is 16.7. The Hall–Kier alpha value is -2.18. The van der Waals surface area contributed by atoms with Crippen LogP contribution in [0, 0.1) is 34.5 Å². The van der Waals surface area contributed by atoms with Crippen LogP contribution in [0.3, 0.4) is 0 Å². The smallest absolute Gasteiger partial charge is 0.372 e. The van der Waals surface area contributed by atoms with Gasteiger partial charge < -0.3 is 5.11 Å². The Morgan fingerprint density at radius 2 is 1.83 bits per heavy atom. The average Bonchev–Trinajstić information content (AvgIpc) is 2.89. The highest BCUT2D eigenvalue weighted by molar-refractivity contribution is 6.34. The van der Waals surface area contributed by atoms with E-state index in [1.807, 2.05) is 0 Å². The molecule has 0 spiro atoms. The fourth-order valence-electron chi connectivity index (χ4n) is 7.00. The molecule has 4 aliphatic carbocycles. The Labute approximate surface area is 167 Å². The monoisotopic (exact) mass is 406 g/mol. The van der Waals surface area contributed by atoms with Crippen molar-refractivity contribution < 1.29 is 33.1 Å². The molecule has 8 atom stereocenters. The lowest BCUT2D eigenvalue weighted by Gasteiger charge is -2.59. The number of rotatable bonds is 2. The Bertz CT molecular complexity index is 907. The lowest BCUT2D eigenvalue weighted by molar-refractivity contribution is -0.172. The van der Waals surface area contributed by atoms with E-state index in [1.165, 1.54) is 19.1 Å². The van der Waals surface area contributed by atoms with Crippen LogP contribution in [0.4, 0.5) is 8.78 Å². The van der Waals surface area contributed by atoms with Gasteiger partial charge in [-0.1, -0.05) is 19.9 Å². The number of alkyl halides is 2. The summed E-state index contributed by atoms with van der Waals surface area (Å²) in [6, 6.07) is 0. The summed E-state index contributed by atoms with van der Waals surface area (Å²) >= 11 is 0. The SMILES string of the molecule is CC1C[C@H]2[C@@H]3CC(F)C4=CC(=O)C=C[C@]4(C)[C@@]3(F)C(=O)C[C@]2(C)[C@H]1C(=O)C(=O)O. The molecular weight excluding hydrogens is 382 g/mol. The van der Waals surface area contributed by atoms with Gasteiger partial charge in [-0.2, -0.15) is 0 Å². The first-order valence-electron chi connectivity index (χ1n) is 9.96. The van der Waals surface area contributed by atoms with Crippen LogP contribution < -0.4 is 0 Å². The number of allylic oxidation sites excluding steroid dienone is 4. The molecule has 156 valence electrons. The lowest BCUT2D eigenvalue weighted by Crippen LogP contribution is -2.66. The van der Waals surface area contributed by atoms with E-state index >= 15 is 8.78 Å². The van der Waals surface area contributed by atoms with Crippen LogP contribution in [0.15, 0.2) is 23.8 Å². The molecule has 0 saturated heterocycles. The van der Waals surface area contributed by atoms with E-state index in [9.17, 15) is 24.3 Å². The number of carboxylic acid groups (broad SMARTS) is 1. The van der Waals surface area contributed by atoms with Crippen molar-refractivity contribution in [3.05, 3.63) is 23.8 Å².